The summed E-state index contributed by atoms with van der Waals surface area (Å²) in [6.07, 6.45) is 1.73. The molecule has 0 bridgehead atoms. The number of carbonyl (C=O) groups is 1. The number of rotatable bonds is 4. The van der Waals surface area contributed by atoms with E-state index in [9.17, 15) is 20.0 Å². The molecule has 8 nitrogen and oxygen atoms in total. The van der Waals surface area contributed by atoms with Gasteiger partial charge in [-0.1, -0.05) is 6.07 Å². The number of para-hydroxylation sites is 1. The summed E-state index contributed by atoms with van der Waals surface area (Å²) in [5.74, 6) is -1.24. The number of nitrogens with one attached hydrogen (secondary N) is 1. The van der Waals surface area contributed by atoms with Crippen LogP contribution >= 0.6 is 0 Å². The number of phenolic OH excluding ortho intramolecular Hbond substituents is 1. The van der Waals surface area contributed by atoms with Crippen LogP contribution in [0.1, 0.15) is 16.1 Å². The standard InChI is InChI=1S/C12H12N4O4/c1-15-6-5-8(14-15)7-13-12(18)9-3-2-4-10(11(9)17)16(19)20/h2-6,17H,7H2,1H3,(H,13,18). The number of nitro groups is 1. The zero-order valence-corrected chi connectivity index (χ0v) is 10.6. The van der Waals surface area contributed by atoms with E-state index in [2.05, 4.69) is 10.4 Å². The van der Waals surface area contributed by atoms with Gasteiger partial charge in [-0.25, -0.2) is 0 Å². The third-order valence-electron chi connectivity index (χ3n) is 2.65. The Bertz CT molecular complexity index is 665. The maximum absolute atomic E-state index is 11.9. The predicted octanol–water partition coefficient (Wildman–Crippen LogP) is 0.964. The molecule has 0 saturated heterocycles. The van der Waals surface area contributed by atoms with Gasteiger partial charge < -0.3 is 10.4 Å². The molecule has 0 atom stereocenters. The van der Waals surface area contributed by atoms with Crippen LogP contribution in [0.5, 0.6) is 5.75 Å². The van der Waals surface area contributed by atoms with Crippen molar-refractivity contribution >= 4 is 11.6 Å². The van der Waals surface area contributed by atoms with E-state index < -0.39 is 22.3 Å². The van der Waals surface area contributed by atoms with Gasteiger partial charge in [-0.15, -0.1) is 0 Å². The topological polar surface area (TPSA) is 110 Å². The van der Waals surface area contributed by atoms with Crippen LogP contribution in [0.15, 0.2) is 30.5 Å². The molecule has 1 aromatic heterocycles. The average molecular weight is 276 g/mol. The van der Waals surface area contributed by atoms with Gasteiger partial charge in [-0.05, 0) is 12.1 Å². The molecular formula is C12H12N4O4. The van der Waals surface area contributed by atoms with Crippen molar-refractivity contribution < 1.29 is 14.8 Å². The van der Waals surface area contributed by atoms with Gasteiger partial charge in [0.05, 0.1) is 22.7 Å². The maximum Gasteiger partial charge on any atom is 0.311 e. The third kappa shape index (κ3) is 2.74. The van der Waals surface area contributed by atoms with Crippen LogP contribution < -0.4 is 5.32 Å². The number of aryl methyl sites for hydroxylation is 1. The Hall–Kier alpha value is -2.90. The number of nitrogens with zero attached hydrogens (tertiary/aromatic N) is 3. The van der Waals surface area contributed by atoms with Crippen LogP contribution in [0.25, 0.3) is 0 Å². The van der Waals surface area contributed by atoms with E-state index in [1.54, 1.807) is 24.0 Å². The number of aromatic nitrogens is 2. The van der Waals surface area contributed by atoms with Gasteiger partial charge >= 0.3 is 5.69 Å². The molecule has 0 radical (unpaired) electrons. The van der Waals surface area contributed by atoms with Crippen LogP contribution in [0.2, 0.25) is 0 Å². The first kappa shape index (κ1) is 13.5. The van der Waals surface area contributed by atoms with E-state index in [0.29, 0.717) is 5.69 Å². The van der Waals surface area contributed by atoms with Gasteiger partial charge in [0.25, 0.3) is 5.91 Å². The number of carbonyl (C=O) groups excluding carboxylic acids is 1. The number of benzene rings is 1. The molecule has 1 heterocycles. The van der Waals surface area contributed by atoms with Gasteiger partial charge in [0, 0.05) is 19.3 Å². The highest BCUT2D eigenvalue weighted by Crippen LogP contribution is 2.29. The van der Waals surface area contributed by atoms with Gasteiger partial charge in [-0.3, -0.25) is 19.6 Å². The van der Waals surface area contributed by atoms with Gasteiger partial charge in [0.1, 0.15) is 0 Å². The largest absolute Gasteiger partial charge is 0.502 e. The van der Waals surface area contributed by atoms with Crippen molar-refractivity contribution in [2.75, 3.05) is 0 Å². The van der Waals surface area contributed by atoms with E-state index in [1.807, 2.05) is 0 Å². The van der Waals surface area contributed by atoms with Crippen molar-refractivity contribution in [3.8, 4) is 5.75 Å². The normalized spacial score (nSPS) is 10.2. The fourth-order valence-corrected chi connectivity index (χ4v) is 1.69. The molecule has 8 heteroatoms. The molecule has 0 saturated carbocycles. The molecule has 20 heavy (non-hydrogen) atoms. The molecule has 0 aliphatic heterocycles. The van der Waals surface area contributed by atoms with Crippen molar-refractivity contribution in [1.29, 1.82) is 0 Å². The first-order chi connectivity index (χ1) is 9.49. The monoisotopic (exact) mass is 276 g/mol. The highest BCUT2D eigenvalue weighted by molar-refractivity contribution is 5.97. The van der Waals surface area contributed by atoms with E-state index >= 15 is 0 Å². The van der Waals surface area contributed by atoms with Crippen LogP contribution in [0.3, 0.4) is 0 Å². The quantitative estimate of drug-likeness (QED) is 0.638. The third-order valence-corrected chi connectivity index (χ3v) is 2.65. The molecule has 0 aliphatic rings. The summed E-state index contributed by atoms with van der Waals surface area (Å²) >= 11 is 0. The number of nitro benzene ring substituents is 1. The predicted molar refractivity (Wildman–Crippen MR) is 69.1 cm³/mol. The smallest absolute Gasteiger partial charge is 0.311 e. The first-order valence-corrected chi connectivity index (χ1v) is 5.72. The second-order valence-corrected chi connectivity index (χ2v) is 4.09. The lowest BCUT2D eigenvalue weighted by atomic mass is 10.1. The lowest BCUT2D eigenvalue weighted by molar-refractivity contribution is -0.385. The average Bonchev–Trinajstić information content (AvgIpc) is 2.81. The Balaban J connectivity index is 2.13. The second kappa shape index (κ2) is 5.39. The van der Waals surface area contributed by atoms with E-state index in [4.69, 9.17) is 0 Å². The summed E-state index contributed by atoms with van der Waals surface area (Å²) in [6.45, 7) is 0.168. The molecule has 1 amide bonds. The number of hydrogen-bond acceptors (Lipinski definition) is 5. The molecule has 1 aromatic carbocycles. The molecule has 0 fully saturated rings. The zero-order valence-electron chi connectivity index (χ0n) is 10.6. The molecule has 104 valence electrons. The summed E-state index contributed by atoms with van der Waals surface area (Å²) in [7, 11) is 1.75. The van der Waals surface area contributed by atoms with E-state index in [1.165, 1.54) is 12.1 Å². The van der Waals surface area contributed by atoms with Crippen LogP contribution in [-0.4, -0.2) is 25.7 Å². The van der Waals surface area contributed by atoms with Gasteiger partial charge in [-0.2, -0.15) is 5.10 Å². The van der Waals surface area contributed by atoms with E-state index in [-0.39, 0.29) is 12.1 Å². The lowest BCUT2D eigenvalue weighted by Crippen LogP contribution is -2.23. The molecular weight excluding hydrogens is 264 g/mol. The fraction of sp³-hybridized carbons (Fsp3) is 0.167. The Morgan fingerprint density at radius 3 is 2.85 bits per heavy atom. The fourth-order valence-electron chi connectivity index (χ4n) is 1.69. The number of phenols is 1. The van der Waals surface area contributed by atoms with Crippen LogP contribution in [0.4, 0.5) is 5.69 Å². The lowest BCUT2D eigenvalue weighted by Gasteiger charge is -2.05. The summed E-state index contributed by atoms with van der Waals surface area (Å²) in [5, 5.41) is 27.0. The second-order valence-electron chi connectivity index (χ2n) is 4.09. The SMILES string of the molecule is Cn1ccc(CNC(=O)c2cccc([N+](=O)[O-])c2O)n1. The van der Waals surface area contributed by atoms with E-state index in [0.717, 1.165) is 6.07 Å². The van der Waals surface area contributed by atoms with Crippen molar-refractivity contribution in [3.63, 3.8) is 0 Å². The molecule has 0 unspecified atom stereocenters. The Kier molecular flexibility index (Phi) is 3.65. The van der Waals surface area contributed by atoms with Crippen molar-refractivity contribution in [2.24, 2.45) is 7.05 Å². The van der Waals surface area contributed by atoms with Gasteiger partial charge in [0.15, 0.2) is 0 Å². The van der Waals surface area contributed by atoms with Crippen LogP contribution in [-0.2, 0) is 13.6 Å². The molecule has 2 aromatic rings. The van der Waals surface area contributed by atoms with Crippen molar-refractivity contribution in [2.45, 2.75) is 6.54 Å². The summed E-state index contributed by atoms with van der Waals surface area (Å²) < 4.78 is 1.59. The maximum atomic E-state index is 11.9. The Labute approximate surface area is 113 Å². The number of amides is 1. The number of aromatic hydroxyl groups is 1. The molecule has 2 rings (SSSR count). The minimum Gasteiger partial charge on any atom is -0.502 e. The van der Waals surface area contributed by atoms with Gasteiger partial charge in [0.2, 0.25) is 5.75 Å². The minimum atomic E-state index is -0.745. The first-order valence-electron chi connectivity index (χ1n) is 5.72. The zero-order chi connectivity index (χ0) is 14.7. The highest BCUT2D eigenvalue weighted by Gasteiger charge is 2.20. The summed E-state index contributed by atoms with van der Waals surface area (Å²) in [5.41, 5.74) is -0.00334. The molecule has 0 aliphatic carbocycles. The summed E-state index contributed by atoms with van der Waals surface area (Å²) in [6, 6.07) is 5.52. The molecule has 2 N–H and O–H groups in total. The van der Waals surface area contributed by atoms with Crippen LogP contribution in [0, 0.1) is 10.1 Å². The van der Waals surface area contributed by atoms with Crippen molar-refractivity contribution in [3.05, 3.63) is 51.8 Å². The Morgan fingerprint density at radius 1 is 1.50 bits per heavy atom. The number of hydrogen-bond donors (Lipinski definition) is 2. The molecule has 0 spiro atoms. The van der Waals surface area contributed by atoms with Crippen molar-refractivity contribution in [1.82, 2.24) is 15.1 Å². The summed E-state index contributed by atoms with van der Waals surface area (Å²) in [4.78, 5) is 21.8. The minimum absolute atomic E-state index is 0.143. The Morgan fingerprint density at radius 2 is 2.25 bits per heavy atom. The highest BCUT2D eigenvalue weighted by atomic mass is 16.6.